The van der Waals surface area contributed by atoms with Crippen molar-refractivity contribution in [3.05, 3.63) is 58.7 Å². The minimum atomic E-state index is -0.932. The number of ketones is 4. The monoisotopic (exact) mass is 584 g/mol. The summed E-state index contributed by atoms with van der Waals surface area (Å²) in [5, 5.41) is 20.5. The highest BCUT2D eigenvalue weighted by molar-refractivity contribution is 6.50. The molecule has 0 heterocycles. The first-order valence-electron chi connectivity index (χ1n) is 16.0. The first kappa shape index (κ1) is 29.8. The third-order valence-electron chi connectivity index (χ3n) is 12.5. The van der Waals surface area contributed by atoms with E-state index in [-0.39, 0.29) is 34.2 Å². The summed E-state index contributed by atoms with van der Waals surface area (Å²) in [5.74, 6) is -2.38. The van der Waals surface area contributed by atoms with Crippen LogP contribution in [-0.4, -0.2) is 33.3 Å². The Bertz CT molecular complexity index is 1430. The molecule has 0 aromatic heterocycles. The van der Waals surface area contributed by atoms with E-state index in [1.807, 2.05) is 38.1 Å². The predicted molar refractivity (Wildman–Crippen MR) is 163 cm³/mol. The van der Waals surface area contributed by atoms with Gasteiger partial charge < -0.3 is 10.2 Å². The van der Waals surface area contributed by atoms with E-state index >= 15 is 0 Å². The van der Waals surface area contributed by atoms with E-state index in [0.717, 1.165) is 62.5 Å². The molecule has 0 aliphatic heterocycles. The van der Waals surface area contributed by atoms with Crippen LogP contribution in [0.4, 0.5) is 0 Å². The summed E-state index contributed by atoms with van der Waals surface area (Å²) in [6, 6.07) is 10.9. The van der Waals surface area contributed by atoms with Gasteiger partial charge >= 0.3 is 0 Å². The van der Waals surface area contributed by atoms with Crippen molar-refractivity contribution < 1.29 is 29.4 Å². The highest BCUT2D eigenvalue weighted by atomic mass is 16.3. The van der Waals surface area contributed by atoms with Crippen molar-refractivity contribution in [2.45, 2.75) is 109 Å². The molecular formula is C37H44O6. The lowest BCUT2D eigenvalue weighted by Crippen LogP contribution is -2.55. The second-order valence-corrected chi connectivity index (χ2v) is 14.9. The Labute approximate surface area is 254 Å². The van der Waals surface area contributed by atoms with Crippen molar-refractivity contribution in [1.29, 1.82) is 0 Å². The van der Waals surface area contributed by atoms with Crippen LogP contribution >= 0.6 is 0 Å². The highest BCUT2D eigenvalue weighted by Crippen LogP contribution is 2.59. The van der Waals surface area contributed by atoms with E-state index in [1.165, 1.54) is 11.1 Å². The number of phenolic OH excluding ortho intramolecular Hbond substituents is 2. The molecule has 6 nitrogen and oxygen atoms in total. The lowest BCUT2D eigenvalue weighted by atomic mass is 9.48. The zero-order chi connectivity index (χ0) is 30.9. The van der Waals surface area contributed by atoms with Crippen LogP contribution in [0.15, 0.2) is 36.4 Å². The average Bonchev–Trinajstić information content (AvgIpc) is 2.96. The maximum absolute atomic E-state index is 14.0. The van der Waals surface area contributed by atoms with Crippen LogP contribution in [0.25, 0.3) is 0 Å². The molecule has 0 unspecified atom stereocenters. The molecule has 228 valence electrons. The Morgan fingerprint density at radius 3 is 1.44 bits per heavy atom. The van der Waals surface area contributed by atoms with E-state index in [4.69, 9.17) is 0 Å². The van der Waals surface area contributed by atoms with Crippen LogP contribution in [0.5, 0.6) is 11.5 Å². The van der Waals surface area contributed by atoms with Gasteiger partial charge in [0.15, 0.2) is 0 Å². The third-order valence-corrected chi connectivity index (χ3v) is 12.5. The summed E-state index contributed by atoms with van der Waals surface area (Å²) in [4.78, 5) is 55.1. The maximum Gasteiger partial charge on any atom is 0.206 e. The summed E-state index contributed by atoms with van der Waals surface area (Å²) in [5.41, 5.74) is 1.87. The molecule has 4 aliphatic rings. The first-order valence-corrected chi connectivity index (χ1v) is 16.0. The van der Waals surface area contributed by atoms with E-state index in [0.29, 0.717) is 12.8 Å². The summed E-state index contributed by atoms with van der Waals surface area (Å²) < 4.78 is 0. The van der Waals surface area contributed by atoms with Gasteiger partial charge in [0.25, 0.3) is 0 Å². The minimum absolute atomic E-state index is 0.0967. The fourth-order valence-corrected chi connectivity index (χ4v) is 10.4. The fourth-order valence-electron chi connectivity index (χ4n) is 10.4. The maximum atomic E-state index is 14.0. The number of fused-ring (bicyclic) bond motifs is 6. The van der Waals surface area contributed by atoms with Crippen molar-refractivity contribution in [2.75, 3.05) is 0 Å². The topological polar surface area (TPSA) is 109 Å². The molecule has 2 N–H and O–H groups in total. The molecule has 2 fully saturated rings. The molecule has 0 amide bonds. The largest absolute Gasteiger partial charge is 0.508 e. The molecule has 0 radical (unpaired) electrons. The Morgan fingerprint density at radius 1 is 0.651 bits per heavy atom. The molecule has 0 bridgehead atoms. The molecule has 0 spiro atoms. The highest BCUT2D eigenvalue weighted by Gasteiger charge is 2.58. The number of hydrogen-bond acceptors (Lipinski definition) is 6. The molecule has 43 heavy (non-hydrogen) atoms. The zero-order valence-electron chi connectivity index (χ0n) is 25.9. The summed E-state index contributed by atoms with van der Waals surface area (Å²) in [7, 11) is 0. The number of carbonyl (C=O) groups is 4. The number of hydrogen-bond donors (Lipinski definition) is 2. The van der Waals surface area contributed by atoms with Crippen molar-refractivity contribution in [3.8, 4) is 11.5 Å². The normalized spacial score (nSPS) is 34.6. The second-order valence-electron chi connectivity index (χ2n) is 14.9. The number of aryl methyl sites for hydroxylation is 2. The van der Waals surface area contributed by atoms with Gasteiger partial charge in [-0.25, -0.2) is 0 Å². The van der Waals surface area contributed by atoms with Crippen molar-refractivity contribution >= 4 is 23.1 Å². The van der Waals surface area contributed by atoms with Crippen LogP contribution in [0.1, 0.15) is 108 Å². The predicted octanol–water partition coefficient (Wildman–Crippen LogP) is 6.49. The van der Waals surface area contributed by atoms with Gasteiger partial charge in [0.05, 0.1) is 6.42 Å². The van der Waals surface area contributed by atoms with Crippen LogP contribution in [-0.2, 0) is 42.8 Å². The summed E-state index contributed by atoms with van der Waals surface area (Å²) in [6.45, 7) is 8.03. The number of benzene rings is 2. The van der Waals surface area contributed by atoms with E-state index < -0.39 is 40.4 Å². The van der Waals surface area contributed by atoms with Gasteiger partial charge in [-0.2, -0.15) is 0 Å². The van der Waals surface area contributed by atoms with Gasteiger partial charge in [-0.1, -0.05) is 52.7 Å². The quantitative estimate of drug-likeness (QED) is 0.297. The Morgan fingerprint density at radius 2 is 1.05 bits per heavy atom. The average molecular weight is 585 g/mol. The van der Waals surface area contributed by atoms with E-state index in [2.05, 4.69) is 13.8 Å². The van der Waals surface area contributed by atoms with Gasteiger partial charge in [-0.05, 0) is 121 Å². The lowest BCUT2D eigenvalue weighted by molar-refractivity contribution is -0.153. The standard InChI is InChI=1S/C37H44O6/c1-34-15-5-17-36(3,30(34)13-9-22-7-11-24(38)19-26(22)34)32(42)28(40)21-29(41)33(43)37(4)18-6-16-35(2)27-20-25(39)12-8-23(27)10-14-31(35)37/h7-8,11-12,19-20,30-31,38-39H,5-6,9-10,13-18,21H2,1-4H3/t30-,31-,34-,35-,36+,37+/m1/s1. The second kappa shape index (κ2) is 10.1. The number of Topliss-reactive ketones (excluding diaryl/α,β-unsaturated/α-hetero) is 4. The molecule has 6 atom stereocenters. The Hall–Kier alpha value is -3.28. The number of aromatic hydroxyl groups is 2. The SMILES string of the molecule is C[C@]1(C(=O)C(=O)CC(=O)C(=O)[C@@]2(C)CCC[C@]3(C)c4cc(O)ccc4CC[C@@H]23)CCC[C@]2(C)c3cc(O)ccc3CC[C@@H]12. The molecule has 6 heteroatoms. The van der Waals surface area contributed by atoms with Crippen molar-refractivity contribution in [1.82, 2.24) is 0 Å². The number of carbonyl (C=O) groups excluding carboxylic acids is 4. The summed E-state index contributed by atoms with van der Waals surface area (Å²) >= 11 is 0. The molecule has 4 aliphatic carbocycles. The number of phenols is 2. The first-order chi connectivity index (χ1) is 20.2. The Balaban J connectivity index is 1.22. The van der Waals surface area contributed by atoms with Gasteiger partial charge in [-0.3, -0.25) is 19.2 Å². The zero-order valence-corrected chi connectivity index (χ0v) is 25.9. The molecule has 0 saturated heterocycles. The van der Waals surface area contributed by atoms with Crippen molar-refractivity contribution in [2.24, 2.45) is 22.7 Å². The van der Waals surface area contributed by atoms with Crippen LogP contribution in [0, 0.1) is 22.7 Å². The third kappa shape index (κ3) is 4.42. The van der Waals surface area contributed by atoms with Gasteiger partial charge in [0.2, 0.25) is 23.1 Å². The molecule has 2 aromatic rings. The van der Waals surface area contributed by atoms with Gasteiger partial charge in [-0.15, -0.1) is 0 Å². The fraction of sp³-hybridized carbons (Fsp3) is 0.568. The van der Waals surface area contributed by atoms with Crippen LogP contribution in [0.3, 0.4) is 0 Å². The van der Waals surface area contributed by atoms with Crippen LogP contribution in [0.2, 0.25) is 0 Å². The number of rotatable bonds is 6. The van der Waals surface area contributed by atoms with Crippen LogP contribution < -0.4 is 0 Å². The molecule has 6 rings (SSSR count). The van der Waals surface area contributed by atoms with Crippen molar-refractivity contribution in [3.63, 3.8) is 0 Å². The summed E-state index contributed by atoms with van der Waals surface area (Å²) in [6.07, 6.45) is 6.76. The Kier molecular flexibility index (Phi) is 7.02. The van der Waals surface area contributed by atoms with Gasteiger partial charge in [0.1, 0.15) is 11.5 Å². The molecular weight excluding hydrogens is 540 g/mol. The minimum Gasteiger partial charge on any atom is -0.508 e. The van der Waals surface area contributed by atoms with E-state index in [1.54, 1.807) is 12.1 Å². The smallest absolute Gasteiger partial charge is 0.206 e. The lowest BCUT2D eigenvalue weighted by Gasteiger charge is -2.54. The van der Waals surface area contributed by atoms with E-state index in [9.17, 15) is 29.4 Å². The van der Waals surface area contributed by atoms with Gasteiger partial charge in [0, 0.05) is 10.8 Å². The molecule has 2 aromatic carbocycles. The molecule has 2 saturated carbocycles.